The molecule has 2 rings (SSSR count). The van der Waals surface area contributed by atoms with Gasteiger partial charge in [-0.2, -0.15) is 5.21 Å². The molecule has 7 heteroatoms. The second kappa shape index (κ2) is 5.26. The first-order valence-corrected chi connectivity index (χ1v) is 5.60. The molecule has 0 spiro atoms. The topological polar surface area (TPSA) is 95.6 Å². The number of H-pyrrole nitrogens is 1. The minimum Gasteiger partial charge on any atom is -0.338 e. The number of aromatic amines is 1. The molecule has 0 radical (unpaired) electrons. The number of nitrogens with zero attached hydrogens (tertiary/aromatic N) is 3. The van der Waals surface area contributed by atoms with Crippen molar-refractivity contribution in [2.24, 2.45) is 0 Å². The average molecular weight is 246 g/mol. The Morgan fingerprint density at radius 2 is 2.28 bits per heavy atom. The number of para-hydroxylation sites is 1. The zero-order valence-corrected chi connectivity index (χ0v) is 10.2. The smallest absolute Gasteiger partial charge is 0.319 e. The maximum absolute atomic E-state index is 11.6. The summed E-state index contributed by atoms with van der Waals surface area (Å²) in [7, 11) is 0. The van der Waals surface area contributed by atoms with Gasteiger partial charge in [0.05, 0.1) is 5.69 Å². The van der Waals surface area contributed by atoms with Crippen LogP contribution in [-0.4, -0.2) is 33.2 Å². The average Bonchev–Trinajstić information content (AvgIpc) is 2.85. The molecule has 0 aliphatic heterocycles. The highest BCUT2D eigenvalue weighted by Gasteiger charge is 2.13. The number of benzene rings is 1. The Balaban J connectivity index is 2.36. The minimum absolute atomic E-state index is 0.253. The van der Waals surface area contributed by atoms with Gasteiger partial charge in [-0.3, -0.25) is 0 Å². The summed E-state index contributed by atoms with van der Waals surface area (Å²) < 4.78 is 0. The van der Waals surface area contributed by atoms with Crippen molar-refractivity contribution in [2.75, 3.05) is 11.9 Å². The van der Waals surface area contributed by atoms with Gasteiger partial charge in [-0.1, -0.05) is 12.1 Å². The molecule has 0 aliphatic rings. The highest BCUT2D eigenvalue weighted by Crippen LogP contribution is 2.27. The lowest BCUT2D eigenvalue weighted by Crippen LogP contribution is -2.28. The van der Waals surface area contributed by atoms with E-state index in [0.717, 1.165) is 11.1 Å². The standard InChI is InChI=1S/C11H14N6O/c1-3-12-11(18)13-9-7(2)5-4-6-8(9)10-14-16-17-15-10/h4-6H,3H2,1-2H3,(H2,12,13,18)(H,14,15,16,17). The van der Waals surface area contributed by atoms with Gasteiger partial charge in [-0.05, 0) is 30.7 Å². The van der Waals surface area contributed by atoms with E-state index >= 15 is 0 Å². The Labute approximate surface area is 104 Å². The number of urea groups is 1. The van der Waals surface area contributed by atoms with Crippen LogP contribution in [0.5, 0.6) is 0 Å². The molecule has 1 heterocycles. The van der Waals surface area contributed by atoms with Crippen molar-refractivity contribution in [3.05, 3.63) is 23.8 Å². The summed E-state index contributed by atoms with van der Waals surface area (Å²) in [5.74, 6) is 0.450. The molecule has 0 fully saturated rings. The van der Waals surface area contributed by atoms with Gasteiger partial charge in [0.2, 0.25) is 5.82 Å². The van der Waals surface area contributed by atoms with Gasteiger partial charge in [0, 0.05) is 12.1 Å². The van der Waals surface area contributed by atoms with E-state index in [4.69, 9.17) is 0 Å². The Morgan fingerprint density at radius 1 is 1.44 bits per heavy atom. The first-order chi connectivity index (χ1) is 8.72. The van der Waals surface area contributed by atoms with Crippen molar-refractivity contribution < 1.29 is 4.79 Å². The van der Waals surface area contributed by atoms with Crippen molar-refractivity contribution >= 4 is 11.7 Å². The van der Waals surface area contributed by atoms with E-state index in [1.54, 1.807) is 0 Å². The number of aryl methyl sites for hydroxylation is 1. The minimum atomic E-state index is -0.253. The zero-order valence-electron chi connectivity index (χ0n) is 10.2. The van der Waals surface area contributed by atoms with Gasteiger partial charge in [0.1, 0.15) is 0 Å². The molecule has 1 aromatic heterocycles. The highest BCUT2D eigenvalue weighted by molar-refractivity contribution is 5.94. The molecule has 0 unspecified atom stereocenters. The number of carbonyl (C=O) groups excluding carboxylic acids is 1. The summed E-state index contributed by atoms with van der Waals surface area (Å²) in [6, 6.07) is 5.37. The number of rotatable bonds is 3. The van der Waals surface area contributed by atoms with Crippen LogP contribution in [0, 0.1) is 6.92 Å². The van der Waals surface area contributed by atoms with E-state index in [-0.39, 0.29) is 6.03 Å². The third-order valence-corrected chi connectivity index (χ3v) is 2.43. The lowest BCUT2D eigenvalue weighted by atomic mass is 10.1. The molecule has 0 bridgehead atoms. The molecule has 1 aromatic carbocycles. The largest absolute Gasteiger partial charge is 0.338 e. The molecule has 0 saturated carbocycles. The van der Waals surface area contributed by atoms with Crippen molar-refractivity contribution in [3.63, 3.8) is 0 Å². The molecule has 7 nitrogen and oxygen atoms in total. The molecule has 0 atom stereocenters. The fourth-order valence-electron chi connectivity index (χ4n) is 1.61. The van der Waals surface area contributed by atoms with Crippen LogP contribution in [0.15, 0.2) is 18.2 Å². The monoisotopic (exact) mass is 246 g/mol. The SMILES string of the molecule is CCNC(=O)Nc1c(C)cccc1-c1nn[nH]n1. The van der Waals surface area contributed by atoms with E-state index in [1.165, 1.54) is 0 Å². The fourth-order valence-corrected chi connectivity index (χ4v) is 1.61. The van der Waals surface area contributed by atoms with Crippen molar-refractivity contribution in [3.8, 4) is 11.4 Å². The predicted octanol–water partition coefficient (Wildman–Crippen LogP) is 1.32. The molecule has 0 aliphatic carbocycles. The molecular weight excluding hydrogens is 232 g/mol. The molecule has 18 heavy (non-hydrogen) atoms. The zero-order chi connectivity index (χ0) is 13.0. The lowest BCUT2D eigenvalue weighted by Gasteiger charge is -2.12. The first kappa shape index (κ1) is 12.0. The van der Waals surface area contributed by atoms with E-state index in [9.17, 15) is 4.79 Å². The maximum atomic E-state index is 11.6. The van der Waals surface area contributed by atoms with E-state index in [1.807, 2.05) is 32.0 Å². The van der Waals surface area contributed by atoms with E-state index < -0.39 is 0 Å². The Bertz CT molecular complexity index is 536. The second-order valence-corrected chi connectivity index (χ2v) is 3.72. The lowest BCUT2D eigenvalue weighted by molar-refractivity contribution is 0.252. The Hall–Kier alpha value is -2.44. The summed E-state index contributed by atoms with van der Waals surface area (Å²) >= 11 is 0. The first-order valence-electron chi connectivity index (χ1n) is 5.60. The van der Waals surface area contributed by atoms with Crippen LogP contribution in [0.3, 0.4) is 0 Å². The highest BCUT2D eigenvalue weighted by atomic mass is 16.2. The third kappa shape index (κ3) is 2.45. The summed E-state index contributed by atoms with van der Waals surface area (Å²) in [5, 5.41) is 19.2. The normalized spacial score (nSPS) is 10.1. The Morgan fingerprint density at radius 3 is 2.94 bits per heavy atom. The maximum Gasteiger partial charge on any atom is 0.319 e. The summed E-state index contributed by atoms with van der Waals surface area (Å²) in [6.07, 6.45) is 0. The quantitative estimate of drug-likeness (QED) is 0.761. The number of carbonyl (C=O) groups is 1. The molecule has 2 amide bonds. The fraction of sp³-hybridized carbons (Fsp3) is 0.273. The summed E-state index contributed by atoms with van der Waals surface area (Å²) in [4.78, 5) is 11.6. The summed E-state index contributed by atoms with van der Waals surface area (Å²) in [5.41, 5.74) is 2.35. The van der Waals surface area contributed by atoms with Crippen molar-refractivity contribution in [2.45, 2.75) is 13.8 Å². The number of hydrogen-bond acceptors (Lipinski definition) is 4. The van der Waals surface area contributed by atoms with Crippen molar-refractivity contribution in [1.82, 2.24) is 25.9 Å². The molecule has 94 valence electrons. The molecular formula is C11H14N6O. The van der Waals surface area contributed by atoms with Crippen LogP contribution >= 0.6 is 0 Å². The molecule has 0 saturated heterocycles. The number of amides is 2. The predicted molar refractivity (Wildman–Crippen MR) is 67.0 cm³/mol. The van der Waals surface area contributed by atoms with Gasteiger partial charge in [0.15, 0.2) is 0 Å². The van der Waals surface area contributed by atoms with Crippen LogP contribution in [0.2, 0.25) is 0 Å². The Kier molecular flexibility index (Phi) is 3.52. The van der Waals surface area contributed by atoms with Crippen LogP contribution in [-0.2, 0) is 0 Å². The number of hydrogen-bond donors (Lipinski definition) is 3. The van der Waals surface area contributed by atoms with Crippen LogP contribution in [0.4, 0.5) is 10.5 Å². The van der Waals surface area contributed by atoms with Gasteiger partial charge in [0.25, 0.3) is 0 Å². The van der Waals surface area contributed by atoms with Crippen molar-refractivity contribution in [1.29, 1.82) is 0 Å². The van der Waals surface area contributed by atoms with E-state index in [2.05, 4.69) is 31.3 Å². The number of aromatic nitrogens is 4. The van der Waals surface area contributed by atoms with Gasteiger partial charge in [-0.15, -0.1) is 10.2 Å². The van der Waals surface area contributed by atoms with Gasteiger partial charge in [-0.25, -0.2) is 4.79 Å². The van der Waals surface area contributed by atoms with Gasteiger partial charge >= 0.3 is 6.03 Å². The van der Waals surface area contributed by atoms with E-state index in [0.29, 0.717) is 18.1 Å². The number of nitrogens with one attached hydrogen (secondary N) is 3. The van der Waals surface area contributed by atoms with Crippen LogP contribution < -0.4 is 10.6 Å². The number of anilines is 1. The molecule has 2 aromatic rings. The van der Waals surface area contributed by atoms with Crippen LogP contribution in [0.25, 0.3) is 11.4 Å². The van der Waals surface area contributed by atoms with Crippen LogP contribution in [0.1, 0.15) is 12.5 Å². The third-order valence-electron chi connectivity index (χ3n) is 2.43. The van der Waals surface area contributed by atoms with Gasteiger partial charge < -0.3 is 10.6 Å². The summed E-state index contributed by atoms with van der Waals surface area (Å²) in [6.45, 7) is 4.33. The number of tetrazole rings is 1. The molecule has 3 N–H and O–H groups in total. The second-order valence-electron chi connectivity index (χ2n) is 3.72.